The predicted molar refractivity (Wildman–Crippen MR) is 82.3 cm³/mol. The van der Waals surface area contributed by atoms with Gasteiger partial charge in [0, 0.05) is 31.6 Å². The molecule has 0 aromatic rings. The van der Waals surface area contributed by atoms with Crippen molar-refractivity contribution in [2.75, 3.05) is 39.4 Å². The molecule has 3 N–H and O–H groups in total. The Morgan fingerprint density at radius 1 is 1.32 bits per heavy atom. The van der Waals surface area contributed by atoms with E-state index in [1.807, 2.05) is 0 Å². The van der Waals surface area contributed by atoms with Gasteiger partial charge in [0.1, 0.15) is 0 Å². The van der Waals surface area contributed by atoms with E-state index in [4.69, 9.17) is 10.5 Å². The van der Waals surface area contributed by atoms with Gasteiger partial charge in [-0.2, -0.15) is 0 Å². The number of nitrogens with two attached hydrogens (primary N) is 1. The van der Waals surface area contributed by atoms with E-state index < -0.39 is 0 Å². The molecule has 1 rings (SSSR count). The number of nitrogens with zero attached hydrogens (tertiary/aromatic N) is 1. The molecule has 5 nitrogen and oxygen atoms in total. The van der Waals surface area contributed by atoms with Crippen LogP contribution in [0, 0.1) is 0 Å². The largest absolute Gasteiger partial charge is 0.379 e. The van der Waals surface area contributed by atoms with Crippen LogP contribution in [0.25, 0.3) is 0 Å². The monoisotopic (exact) mass is 315 g/mol. The molecule has 1 saturated heterocycles. The number of hydrogen-bond donors (Lipinski definition) is 2. The number of ether oxygens (including phenoxy) is 1. The molecule has 0 saturated carbocycles. The number of carbonyl (C=O) groups excluding carboxylic acids is 1. The Kier molecular flexibility index (Phi) is 11.9. The zero-order valence-electron chi connectivity index (χ0n) is 11.8. The molecule has 1 aliphatic heterocycles. The van der Waals surface area contributed by atoms with Gasteiger partial charge in [0.05, 0.1) is 13.2 Å². The number of carbonyl (C=O) groups is 1. The first-order valence-electron chi connectivity index (χ1n) is 6.36. The lowest BCUT2D eigenvalue weighted by atomic mass is 10.0. The summed E-state index contributed by atoms with van der Waals surface area (Å²) in [5.41, 5.74) is 5.36. The van der Waals surface area contributed by atoms with Crippen LogP contribution in [0.3, 0.4) is 0 Å². The average molecular weight is 316 g/mol. The molecule has 1 amide bonds. The zero-order chi connectivity index (χ0) is 12.7. The molecule has 0 bridgehead atoms. The van der Waals surface area contributed by atoms with Gasteiger partial charge in [-0.05, 0) is 26.8 Å². The number of halogens is 2. The molecule has 1 aliphatic rings. The van der Waals surface area contributed by atoms with Crippen molar-refractivity contribution in [2.45, 2.75) is 32.2 Å². The first kappa shape index (κ1) is 21.2. The summed E-state index contributed by atoms with van der Waals surface area (Å²) in [6.07, 6.45) is 1.28. The van der Waals surface area contributed by atoms with Gasteiger partial charge < -0.3 is 15.8 Å². The van der Waals surface area contributed by atoms with Crippen molar-refractivity contribution < 1.29 is 9.53 Å². The van der Waals surface area contributed by atoms with Crippen molar-refractivity contribution >= 4 is 30.7 Å². The molecule has 0 atom stereocenters. The second kappa shape index (κ2) is 10.7. The molecule has 0 aromatic carbocycles. The molecule has 19 heavy (non-hydrogen) atoms. The van der Waals surface area contributed by atoms with Crippen molar-refractivity contribution in [1.82, 2.24) is 10.2 Å². The van der Waals surface area contributed by atoms with E-state index >= 15 is 0 Å². The number of nitrogens with one attached hydrogen (secondary N) is 1. The van der Waals surface area contributed by atoms with Crippen molar-refractivity contribution in [3.05, 3.63) is 0 Å². The maximum atomic E-state index is 11.5. The summed E-state index contributed by atoms with van der Waals surface area (Å²) < 4.78 is 5.33. The van der Waals surface area contributed by atoms with E-state index in [9.17, 15) is 4.79 Å². The zero-order valence-corrected chi connectivity index (χ0v) is 13.4. The molecular weight excluding hydrogens is 289 g/mol. The van der Waals surface area contributed by atoms with Crippen LogP contribution in [0.1, 0.15) is 26.7 Å². The van der Waals surface area contributed by atoms with Gasteiger partial charge >= 0.3 is 0 Å². The molecular formula is C12H27Cl2N3O2. The Bertz CT molecular complexity index is 247. The maximum Gasteiger partial charge on any atom is 0.220 e. The summed E-state index contributed by atoms with van der Waals surface area (Å²) in [6, 6.07) is 0. The lowest BCUT2D eigenvalue weighted by Gasteiger charge is -2.40. The van der Waals surface area contributed by atoms with Crippen LogP contribution in [0.2, 0.25) is 0 Å². The summed E-state index contributed by atoms with van der Waals surface area (Å²) in [5.74, 6) is 0.0942. The smallest absolute Gasteiger partial charge is 0.220 e. The minimum atomic E-state index is -0.0118. The van der Waals surface area contributed by atoms with Gasteiger partial charge in [0.2, 0.25) is 5.91 Å². The predicted octanol–water partition coefficient (Wildman–Crippen LogP) is 0.796. The third kappa shape index (κ3) is 7.95. The molecule has 1 fully saturated rings. The summed E-state index contributed by atoms with van der Waals surface area (Å²) in [4.78, 5) is 13.9. The van der Waals surface area contributed by atoms with Crippen molar-refractivity contribution in [3.8, 4) is 0 Å². The molecule has 0 unspecified atom stereocenters. The average Bonchev–Trinajstić information content (AvgIpc) is 2.35. The van der Waals surface area contributed by atoms with Crippen LogP contribution >= 0.6 is 24.8 Å². The molecule has 0 aromatic heterocycles. The van der Waals surface area contributed by atoms with E-state index in [1.54, 1.807) is 0 Å². The minimum Gasteiger partial charge on any atom is -0.379 e. The van der Waals surface area contributed by atoms with E-state index in [0.29, 0.717) is 19.5 Å². The van der Waals surface area contributed by atoms with Gasteiger partial charge in [-0.3, -0.25) is 9.69 Å². The highest BCUT2D eigenvalue weighted by Gasteiger charge is 2.28. The highest BCUT2D eigenvalue weighted by atomic mass is 35.5. The lowest BCUT2D eigenvalue weighted by Crippen LogP contribution is -2.55. The van der Waals surface area contributed by atoms with Gasteiger partial charge in [-0.25, -0.2) is 0 Å². The molecule has 7 heteroatoms. The molecule has 0 radical (unpaired) electrons. The number of hydrogen-bond acceptors (Lipinski definition) is 4. The standard InChI is InChI=1S/C12H25N3O2.2ClH/c1-12(2,15-6-8-17-9-7-15)10-14-11(16)4-3-5-13;;/h3-10,13H2,1-2H3,(H,14,16);2*1H. The Morgan fingerprint density at radius 3 is 2.42 bits per heavy atom. The van der Waals surface area contributed by atoms with E-state index in [-0.39, 0.29) is 36.3 Å². The Balaban J connectivity index is 0. The van der Waals surface area contributed by atoms with Gasteiger partial charge in [-0.15, -0.1) is 24.8 Å². The van der Waals surface area contributed by atoms with Crippen LogP contribution in [0.5, 0.6) is 0 Å². The summed E-state index contributed by atoms with van der Waals surface area (Å²) in [7, 11) is 0. The molecule has 1 heterocycles. The topological polar surface area (TPSA) is 67.6 Å². The normalized spacial score (nSPS) is 16.2. The van der Waals surface area contributed by atoms with Crippen LogP contribution in [0.4, 0.5) is 0 Å². The third-order valence-electron chi connectivity index (χ3n) is 3.19. The third-order valence-corrected chi connectivity index (χ3v) is 3.19. The van der Waals surface area contributed by atoms with E-state index in [2.05, 4.69) is 24.1 Å². The van der Waals surface area contributed by atoms with Crippen LogP contribution in [-0.2, 0) is 9.53 Å². The quantitative estimate of drug-likeness (QED) is 0.760. The Morgan fingerprint density at radius 2 is 1.89 bits per heavy atom. The fraction of sp³-hybridized carbons (Fsp3) is 0.917. The van der Waals surface area contributed by atoms with Crippen LogP contribution < -0.4 is 11.1 Å². The first-order valence-corrected chi connectivity index (χ1v) is 6.36. The SMILES string of the molecule is CC(C)(CNC(=O)CCCN)N1CCOCC1.Cl.Cl. The summed E-state index contributed by atoms with van der Waals surface area (Å²) in [6.45, 7) is 8.99. The fourth-order valence-corrected chi connectivity index (χ4v) is 1.95. The lowest BCUT2D eigenvalue weighted by molar-refractivity contribution is -0.122. The summed E-state index contributed by atoms with van der Waals surface area (Å²) >= 11 is 0. The summed E-state index contributed by atoms with van der Waals surface area (Å²) in [5, 5.41) is 2.98. The van der Waals surface area contributed by atoms with Crippen LogP contribution in [0.15, 0.2) is 0 Å². The minimum absolute atomic E-state index is 0. The highest BCUT2D eigenvalue weighted by Crippen LogP contribution is 2.15. The Labute approximate surface area is 128 Å². The van der Waals surface area contributed by atoms with E-state index in [1.165, 1.54) is 0 Å². The van der Waals surface area contributed by atoms with Gasteiger partial charge in [0.15, 0.2) is 0 Å². The van der Waals surface area contributed by atoms with E-state index in [0.717, 1.165) is 32.7 Å². The van der Waals surface area contributed by atoms with Crippen molar-refractivity contribution in [1.29, 1.82) is 0 Å². The highest BCUT2D eigenvalue weighted by molar-refractivity contribution is 5.85. The number of rotatable bonds is 6. The van der Waals surface area contributed by atoms with Crippen molar-refractivity contribution in [3.63, 3.8) is 0 Å². The Hall–Kier alpha value is -0.0700. The first-order chi connectivity index (χ1) is 8.06. The van der Waals surface area contributed by atoms with Crippen LogP contribution in [-0.4, -0.2) is 55.7 Å². The van der Waals surface area contributed by atoms with Crippen molar-refractivity contribution in [2.24, 2.45) is 5.73 Å². The second-order valence-corrected chi connectivity index (χ2v) is 5.08. The van der Waals surface area contributed by atoms with Gasteiger partial charge in [0.25, 0.3) is 0 Å². The number of amides is 1. The molecule has 116 valence electrons. The fourth-order valence-electron chi connectivity index (χ4n) is 1.95. The molecule has 0 spiro atoms. The number of morpholine rings is 1. The van der Waals surface area contributed by atoms with Gasteiger partial charge in [-0.1, -0.05) is 0 Å². The molecule has 0 aliphatic carbocycles. The second-order valence-electron chi connectivity index (χ2n) is 5.08. The maximum absolute atomic E-state index is 11.5.